The average molecular weight is 703 g/mol. The molecule has 8 heteroatoms. The van der Waals surface area contributed by atoms with Crippen LogP contribution in [0.3, 0.4) is 0 Å². The predicted octanol–water partition coefficient (Wildman–Crippen LogP) is 9.63. The van der Waals surface area contributed by atoms with Crippen LogP contribution in [0.4, 0.5) is 0 Å². The fourth-order valence-corrected chi connectivity index (χ4v) is 7.74. The maximum absolute atomic E-state index is 13.7. The number of hydrogen-bond acceptors (Lipinski definition) is 6. The molecule has 3 aliphatic rings. The van der Waals surface area contributed by atoms with E-state index in [-0.39, 0.29) is 48.3 Å². The Hall–Kier alpha value is -1.93. The standard InChI is InChI=1S/C42H74N2O6/c1-6-7-8-9-10-11-12-13-14-15-16-17-18-19-20-24-29-42(30-25-31-42)39(47)44-34-26-22-21-23-27-35(34)49-36(45)28-32-43-38(46)37-40(2,3)33-48-41(4,5)50-37/h13-14,34-35,37H,6-12,15-33H2,1-5H3,(H,43,46)(H,44,47). The van der Waals surface area contributed by atoms with Gasteiger partial charge in [-0.15, -0.1) is 0 Å². The molecule has 1 aliphatic heterocycles. The third kappa shape index (κ3) is 15.0. The summed E-state index contributed by atoms with van der Waals surface area (Å²) in [6.45, 7) is 10.3. The predicted molar refractivity (Wildman–Crippen MR) is 202 cm³/mol. The fraction of sp³-hybridized carbons (Fsp3) is 0.881. The summed E-state index contributed by atoms with van der Waals surface area (Å²) >= 11 is 0. The SMILES string of the molecule is CCCCCCCCC=CCCCCCCCCC1(C(=O)NC2CCCCCC2OC(=O)CCNC(=O)C2OC(C)(C)OCC2(C)C)CCC1. The molecule has 0 radical (unpaired) electrons. The van der Waals surface area contributed by atoms with Gasteiger partial charge in [-0.25, -0.2) is 0 Å². The normalized spacial score (nSPS) is 24.2. The highest BCUT2D eigenvalue weighted by Gasteiger charge is 2.46. The second-order valence-corrected chi connectivity index (χ2v) is 16.8. The third-order valence-corrected chi connectivity index (χ3v) is 11.3. The highest BCUT2D eigenvalue weighted by Crippen LogP contribution is 2.46. The number of rotatable bonds is 23. The van der Waals surface area contributed by atoms with Crippen LogP contribution in [-0.2, 0) is 28.6 Å². The quantitative estimate of drug-likeness (QED) is 0.0476. The Balaban J connectivity index is 1.32. The van der Waals surface area contributed by atoms with Gasteiger partial charge in [-0.3, -0.25) is 14.4 Å². The van der Waals surface area contributed by atoms with Crippen LogP contribution >= 0.6 is 0 Å². The first-order valence-corrected chi connectivity index (χ1v) is 20.7. The molecule has 288 valence electrons. The number of nitrogens with one attached hydrogen (secondary N) is 2. The number of esters is 1. The van der Waals surface area contributed by atoms with Gasteiger partial charge in [0, 0.05) is 17.4 Å². The molecular formula is C42H74N2O6. The fourth-order valence-electron chi connectivity index (χ4n) is 7.74. The molecule has 0 spiro atoms. The molecule has 8 nitrogen and oxygen atoms in total. The van der Waals surface area contributed by atoms with Crippen molar-refractivity contribution >= 4 is 17.8 Å². The van der Waals surface area contributed by atoms with Gasteiger partial charge in [0.1, 0.15) is 12.2 Å². The highest BCUT2D eigenvalue weighted by molar-refractivity contribution is 5.84. The summed E-state index contributed by atoms with van der Waals surface area (Å²) in [6, 6.07) is -0.153. The van der Waals surface area contributed by atoms with Crippen molar-refractivity contribution in [3.63, 3.8) is 0 Å². The summed E-state index contributed by atoms with van der Waals surface area (Å²) in [5, 5.41) is 6.24. The molecule has 1 saturated heterocycles. The monoisotopic (exact) mass is 703 g/mol. The van der Waals surface area contributed by atoms with Crippen LogP contribution < -0.4 is 10.6 Å². The molecule has 0 bridgehead atoms. The summed E-state index contributed by atoms with van der Waals surface area (Å²) in [5.74, 6) is -1.26. The minimum Gasteiger partial charge on any atom is -0.460 e. The van der Waals surface area contributed by atoms with Gasteiger partial charge in [-0.1, -0.05) is 116 Å². The van der Waals surface area contributed by atoms with Gasteiger partial charge in [0.25, 0.3) is 0 Å². The lowest BCUT2D eigenvalue weighted by molar-refractivity contribution is -0.304. The molecule has 0 aromatic rings. The van der Waals surface area contributed by atoms with Crippen molar-refractivity contribution in [3.8, 4) is 0 Å². The Labute approximate surface area is 305 Å². The first-order valence-electron chi connectivity index (χ1n) is 20.7. The Kier molecular flexibility index (Phi) is 18.9. The van der Waals surface area contributed by atoms with E-state index in [1.54, 1.807) is 13.8 Å². The van der Waals surface area contributed by atoms with Crippen molar-refractivity contribution in [2.75, 3.05) is 13.2 Å². The highest BCUT2D eigenvalue weighted by atomic mass is 16.7. The molecular weight excluding hydrogens is 628 g/mol. The van der Waals surface area contributed by atoms with E-state index in [4.69, 9.17) is 14.2 Å². The van der Waals surface area contributed by atoms with Crippen LogP contribution in [0.5, 0.6) is 0 Å². The molecule has 2 aliphatic carbocycles. The Morgan fingerprint density at radius 2 is 1.40 bits per heavy atom. The van der Waals surface area contributed by atoms with Gasteiger partial charge in [0.15, 0.2) is 5.79 Å². The number of carbonyl (C=O) groups excluding carboxylic acids is 3. The molecule has 0 aromatic carbocycles. The second-order valence-electron chi connectivity index (χ2n) is 16.8. The molecule has 50 heavy (non-hydrogen) atoms. The zero-order chi connectivity index (χ0) is 36.3. The van der Waals surface area contributed by atoms with Crippen LogP contribution in [0.2, 0.25) is 0 Å². The number of ether oxygens (including phenoxy) is 3. The maximum Gasteiger partial charge on any atom is 0.307 e. The number of allylic oxidation sites excluding steroid dienone is 2. The number of unbranched alkanes of at least 4 members (excludes halogenated alkanes) is 12. The number of amides is 2. The van der Waals surface area contributed by atoms with Gasteiger partial charge in [-0.05, 0) is 78.1 Å². The largest absolute Gasteiger partial charge is 0.460 e. The Morgan fingerprint density at radius 3 is 2.04 bits per heavy atom. The summed E-state index contributed by atoms with van der Waals surface area (Å²) in [7, 11) is 0. The van der Waals surface area contributed by atoms with Crippen molar-refractivity contribution in [3.05, 3.63) is 12.2 Å². The topological polar surface area (TPSA) is 103 Å². The van der Waals surface area contributed by atoms with E-state index in [2.05, 4.69) is 29.7 Å². The molecule has 1 heterocycles. The maximum atomic E-state index is 13.7. The average Bonchev–Trinajstić information content (AvgIpc) is 3.27. The van der Waals surface area contributed by atoms with E-state index in [0.717, 1.165) is 64.2 Å². The van der Waals surface area contributed by atoms with Gasteiger partial charge in [0.2, 0.25) is 11.8 Å². The Bertz CT molecular complexity index is 1040. The van der Waals surface area contributed by atoms with E-state index in [0.29, 0.717) is 6.61 Å². The summed E-state index contributed by atoms with van der Waals surface area (Å²) in [5.41, 5.74) is -0.728. The zero-order valence-electron chi connectivity index (χ0n) is 32.7. The van der Waals surface area contributed by atoms with Crippen LogP contribution in [0.1, 0.15) is 189 Å². The van der Waals surface area contributed by atoms with Crippen molar-refractivity contribution < 1.29 is 28.6 Å². The number of hydrogen-bond donors (Lipinski definition) is 2. The van der Waals surface area contributed by atoms with E-state index in [9.17, 15) is 14.4 Å². The molecule has 2 saturated carbocycles. The van der Waals surface area contributed by atoms with Crippen LogP contribution in [0, 0.1) is 10.8 Å². The van der Waals surface area contributed by atoms with Crippen molar-refractivity contribution in [2.45, 2.75) is 213 Å². The van der Waals surface area contributed by atoms with Gasteiger partial charge < -0.3 is 24.8 Å². The van der Waals surface area contributed by atoms with Crippen LogP contribution in [0.25, 0.3) is 0 Å². The lowest BCUT2D eigenvalue weighted by atomic mass is 9.65. The van der Waals surface area contributed by atoms with E-state index in [1.165, 1.54) is 83.5 Å². The summed E-state index contributed by atoms with van der Waals surface area (Å²) in [4.78, 5) is 39.6. The van der Waals surface area contributed by atoms with E-state index in [1.807, 2.05) is 13.8 Å². The van der Waals surface area contributed by atoms with Gasteiger partial charge in [-0.2, -0.15) is 0 Å². The summed E-state index contributed by atoms with van der Waals surface area (Å²) < 4.78 is 17.6. The minimum atomic E-state index is -0.836. The van der Waals surface area contributed by atoms with Crippen molar-refractivity contribution in [1.82, 2.24) is 10.6 Å². The first kappa shape index (κ1) is 42.5. The molecule has 3 atom stereocenters. The lowest BCUT2D eigenvalue weighted by Crippen LogP contribution is -2.56. The third-order valence-electron chi connectivity index (χ3n) is 11.3. The van der Waals surface area contributed by atoms with E-state index >= 15 is 0 Å². The number of carbonyl (C=O) groups is 3. The molecule has 3 fully saturated rings. The molecule has 3 unspecified atom stereocenters. The Morgan fingerprint density at radius 1 is 0.780 bits per heavy atom. The molecule has 0 aromatic heterocycles. The van der Waals surface area contributed by atoms with Gasteiger partial charge in [0.05, 0.1) is 19.1 Å². The van der Waals surface area contributed by atoms with Crippen molar-refractivity contribution in [1.29, 1.82) is 0 Å². The van der Waals surface area contributed by atoms with Crippen molar-refractivity contribution in [2.24, 2.45) is 10.8 Å². The summed E-state index contributed by atoms with van der Waals surface area (Å²) in [6.07, 6.45) is 30.6. The van der Waals surface area contributed by atoms with E-state index < -0.39 is 17.3 Å². The zero-order valence-corrected chi connectivity index (χ0v) is 32.7. The second kappa shape index (κ2) is 22.2. The molecule has 2 N–H and O–H groups in total. The van der Waals surface area contributed by atoms with Crippen LogP contribution in [-0.4, -0.2) is 55.0 Å². The molecule has 3 rings (SSSR count). The molecule has 2 amide bonds. The first-order chi connectivity index (χ1) is 24.0. The lowest BCUT2D eigenvalue weighted by Gasteiger charge is -2.44. The smallest absolute Gasteiger partial charge is 0.307 e. The van der Waals surface area contributed by atoms with Gasteiger partial charge >= 0.3 is 5.97 Å². The minimum absolute atomic E-state index is 0.0792. The van der Waals surface area contributed by atoms with Crippen LogP contribution in [0.15, 0.2) is 12.2 Å².